The van der Waals surface area contributed by atoms with E-state index in [1.54, 1.807) is 25.5 Å². The summed E-state index contributed by atoms with van der Waals surface area (Å²) in [4.78, 5) is 16.1. The van der Waals surface area contributed by atoms with Crippen LogP contribution >= 0.6 is 15.9 Å². The van der Waals surface area contributed by atoms with Crippen LogP contribution in [-0.4, -0.2) is 19.1 Å². The number of fused-ring (bicyclic) bond motifs is 1. The first-order chi connectivity index (χ1) is 7.13. The first-order valence-corrected chi connectivity index (χ1v) is 5.38. The molecular formula is C11H10BrNO2. The molecule has 0 fully saturated rings. The van der Waals surface area contributed by atoms with Gasteiger partial charge in [-0.2, -0.15) is 0 Å². The molecule has 1 aromatic carbocycles. The lowest BCUT2D eigenvalue weighted by Crippen LogP contribution is -2.16. The van der Waals surface area contributed by atoms with Crippen LogP contribution in [0.2, 0.25) is 0 Å². The van der Waals surface area contributed by atoms with Gasteiger partial charge < -0.3 is 4.74 Å². The average Bonchev–Trinajstić information content (AvgIpc) is 2.23. The van der Waals surface area contributed by atoms with Crippen LogP contribution in [-0.2, 0) is 0 Å². The van der Waals surface area contributed by atoms with Gasteiger partial charge in [0.25, 0.3) is 0 Å². The fourth-order valence-electron chi connectivity index (χ4n) is 1.51. The van der Waals surface area contributed by atoms with Gasteiger partial charge in [0.15, 0.2) is 5.78 Å². The lowest BCUT2D eigenvalue weighted by Gasteiger charge is -2.15. The molecule has 0 saturated heterocycles. The van der Waals surface area contributed by atoms with Crippen LogP contribution in [0.5, 0.6) is 5.75 Å². The van der Waals surface area contributed by atoms with E-state index in [0.29, 0.717) is 17.0 Å². The number of halogens is 1. The van der Waals surface area contributed by atoms with E-state index in [1.807, 2.05) is 6.92 Å². The molecule has 15 heavy (non-hydrogen) atoms. The smallest absolute Gasteiger partial charge is 0.173 e. The largest absolute Gasteiger partial charge is 0.497 e. The van der Waals surface area contributed by atoms with E-state index in [0.717, 1.165) is 4.47 Å². The molecule has 0 aliphatic carbocycles. The van der Waals surface area contributed by atoms with Crippen molar-refractivity contribution < 1.29 is 9.53 Å². The lowest BCUT2D eigenvalue weighted by molar-refractivity contribution is 0.0962. The second kappa shape index (κ2) is 3.77. The predicted molar refractivity (Wildman–Crippen MR) is 62.3 cm³/mol. The zero-order valence-corrected chi connectivity index (χ0v) is 10.0. The number of ether oxygens (including phenoxy) is 1. The number of methoxy groups -OCH3 is 1. The number of benzene rings is 1. The minimum Gasteiger partial charge on any atom is -0.497 e. The molecule has 1 aliphatic heterocycles. The van der Waals surface area contributed by atoms with E-state index in [4.69, 9.17) is 4.74 Å². The summed E-state index contributed by atoms with van der Waals surface area (Å²) in [6.07, 6.45) is 1.67. The molecule has 0 N–H and O–H groups in total. The van der Waals surface area contributed by atoms with Gasteiger partial charge >= 0.3 is 0 Å². The van der Waals surface area contributed by atoms with Gasteiger partial charge in [0.1, 0.15) is 5.75 Å². The maximum absolute atomic E-state index is 11.9. The molecule has 0 aromatic heterocycles. The van der Waals surface area contributed by atoms with E-state index in [1.165, 1.54) is 0 Å². The zero-order chi connectivity index (χ0) is 11.0. The minimum atomic E-state index is -0.156. The van der Waals surface area contributed by atoms with E-state index >= 15 is 0 Å². The number of carbonyl (C=O) groups is 1. The highest BCUT2D eigenvalue weighted by atomic mass is 79.9. The summed E-state index contributed by atoms with van der Waals surface area (Å²) in [5.41, 5.74) is 1.31. The monoisotopic (exact) mass is 267 g/mol. The molecule has 0 radical (unpaired) electrons. The van der Waals surface area contributed by atoms with Crippen molar-refractivity contribution in [3.63, 3.8) is 0 Å². The molecule has 2 rings (SSSR count). The van der Waals surface area contributed by atoms with Crippen LogP contribution in [0, 0.1) is 5.92 Å². The molecule has 4 heteroatoms. The van der Waals surface area contributed by atoms with Gasteiger partial charge in [0.05, 0.1) is 18.7 Å². The molecule has 0 amide bonds. The topological polar surface area (TPSA) is 38.7 Å². The highest BCUT2D eigenvalue weighted by molar-refractivity contribution is 9.10. The van der Waals surface area contributed by atoms with Gasteiger partial charge in [0.2, 0.25) is 0 Å². The first kappa shape index (κ1) is 10.4. The maximum Gasteiger partial charge on any atom is 0.173 e. The molecule has 0 spiro atoms. The average molecular weight is 268 g/mol. The quantitative estimate of drug-likeness (QED) is 0.785. The predicted octanol–water partition coefficient (Wildman–Crippen LogP) is 2.99. The van der Waals surface area contributed by atoms with Crippen LogP contribution in [0.3, 0.4) is 0 Å². The number of Topliss-reactive ketones (excluding diaryl/α,β-unsaturated/α-hetero) is 1. The number of carbonyl (C=O) groups excluding carboxylic acids is 1. The van der Waals surface area contributed by atoms with Crippen LogP contribution in [0.15, 0.2) is 21.6 Å². The van der Waals surface area contributed by atoms with Crippen LogP contribution in [0.4, 0.5) is 5.69 Å². The Morgan fingerprint density at radius 1 is 1.47 bits per heavy atom. The Morgan fingerprint density at radius 3 is 2.87 bits per heavy atom. The number of nitrogens with zero attached hydrogens (tertiary/aromatic N) is 1. The highest BCUT2D eigenvalue weighted by Gasteiger charge is 2.23. The summed E-state index contributed by atoms with van der Waals surface area (Å²) < 4.78 is 5.90. The van der Waals surface area contributed by atoms with E-state index in [9.17, 15) is 4.79 Å². The molecule has 0 bridgehead atoms. The summed E-state index contributed by atoms with van der Waals surface area (Å²) in [7, 11) is 1.58. The molecule has 1 atom stereocenters. The summed E-state index contributed by atoms with van der Waals surface area (Å²) in [5.74, 6) is 0.592. The van der Waals surface area contributed by atoms with Gasteiger partial charge in [-0.3, -0.25) is 9.79 Å². The fraction of sp³-hybridized carbons (Fsp3) is 0.273. The summed E-state index contributed by atoms with van der Waals surface area (Å²) in [5, 5.41) is 0. The Bertz CT molecular complexity index is 454. The van der Waals surface area contributed by atoms with Gasteiger partial charge in [-0.05, 0) is 28.1 Å². The Hall–Kier alpha value is -1.16. The van der Waals surface area contributed by atoms with Crippen molar-refractivity contribution in [1.82, 2.24) is 0 Å². The van der Waals surface area contributed by atoms with Crippen LogP contribution in [0.25, 0.3) is 0 Å². The van der Waals surface area contributed by atoms with Crippen molar-refractivity contribution in [3.8, 4) is 5.75 Å². The Balaban J connectivity index is 2.63. The van der Waals surface area contributed by atoms with Crippen molar-refractivity contribution in [1.29, 1.82) is 0 Å². The zero-order valence-electron chi connectivity index (χ0n) is 8.45. The Morgan fingerprint density at radius 2 is 2.20 bits per heavy atom. The Labute approximate surface area is 96.3 Å². The summed E-state index contributed by atoms with van der Waals surface area (Å²) in [6, 6.07) is 3.54. The summed E-state index contributed by atoms with van der Waals surface area (Å²) >= 11 is 3.38. The number of rotatable bonds is 1. The molecular weight excluding hydrogens is 258 g/mol. The first-order valence-electron chi connectivity index (χ1n) is 4.59. The molecule has 1 aliphatic rings. The number of hydrogen-bond acceptors (Lipinski definition) is 3. The molecule has 78 valence electrons. The Kier molecular flexibility index (Phi) is 2.61. The van der Waals surface area contributed by atoms with Gasteiger partial charge in [0, 0.05) is 16.3 Å². The fourth-order valence-corrected chi connectivity index (χ4v) is 2.05. The lowest BCUT2D eigenvalue weighted by atomic mass is 9.96. The molecule has 1 aromatic rings. The van der Waals surface area contributed by atoms with Gasteiger partial charge in [-0.15, -0.1) is 0 Å². The normalized spacial score (nSPS) is 18.9. The number of aliphatic imine (C=N–C) groups is 1. The van der Waals surface area contributed by atoms with Gasteiger partial charge in [-0.1, -0.05) is 6.92 Å². The third-order valence-electron chi connectivity index (χ3n) is 2.38. The van der Waals surface area contributed by atoms with Gasteiger partial charge in [-0.25, -0.2) is 0 Å². The number of ketones is 1. The minimum absolute atomic E-state index is 0.0830. The third-order valence-corrected chi connectivity index (χ3v) is 2.98. The van der Waals surface area contributed by atoms with Crippen LogP contribution < -0.4 is 4.74 Å². The highest BCUT2D eigenvalue weighted by Crippen LogP contribution is 2.37. The molecule has 3 nitrogen and oxygen atoms in total. The second-order valence-electron chi connectivity index (χ2n) is 3.44. The van der Waals surface area contributed by atoms with Crippen molar-refractivity contribution in [3.05, 3.63) is 22.2 Å². The third kappa shape index (κ3) is 1.69. The van der Waals surface area contributed by atoms with Crippen LogP contribution in [0.1, 0.15) is 17.3 Å². The second-order valence-corrected chi connectivity index (χ2v) is 4.29. The van der Waals surface area contributed by atoms with Crippen molar-refractivity contribution >= 4 is 33.6 Å². The van der Waals surface area contributed by atoms with E-state index < -0.39 is 0 Å². The van der Waals surface area contributed by atoms with E-state index in [2.05, 4.69) is 20.9 Å². The molecule has 1 unspecified atom stereocenters. The molecule has 0 saturated carbocycles. The van der Waals surface area contributed by atoms with E-state index in [-0.39, 0.29) is 11.7 Å². The standard InChI is InChI=1S/C11H10BrNO2/c1-6-5-13-10-8(11(6)14)3-7(15-2)4-9(10)12/h3-6H,1-2H3. The molecule has 1 heterocycles. The summed E-state index contributed by atoms with van der Waals surface area (Å²) in [6.45, 7) is 1.84. The van der Waals surface area contributed by atoms with Crippen molar-refractivity contribution in [2.75, 3.05) is 7.11 Å². The maximum atomic E-state index is 11.9. The van der Waals surface area contributed by atoms with Crippen molar-refractivity contribution in [2.24, 2.45) is 10.9 Å². The van der Waals surface area contributed by atoms with Crippen molar-refractivity contribution in [2.45, 2.75) is 6.92 Å². The number of hydrogen-bond donors (Lipinski definition) is 0. The SMILES string of the molecule is COc1cc(Br)c2c(c1)C(=O)C(C)C=N2.